The summed E-state index contributed by atoms with van der Waals surface area (Å²) >= 11 is 5.77. The zero-order chi connectivity index (χ0) is 19.2. The van der Waals surface area contributed by atoms with E-state index < -0.39 is 15.7 Å². The molecule has 0 fully saturated rings. The Balaban J connectivity index is 2.38. The van der Waals surface area contributed by atoms with Gasteiger partial charge in [0.1, 0.15) is 10.7 Å². The van der Waals surface area contributed by atoms with Gasteiger partial charge in [-0.15, -0.1) is 0 Å². The predicted octanol–water partition coefficient (Wildman–Crippen LogP) is 2.99. The Morgan fingerprint density at radius 1 is 1.31 bits per heavy atom. The second-order valence-electron chi connectivity index (χ2n) is 5.91. The third-order valence-electron chi connectivity index (χ3n) is 4.36. The van der Waals surface area contributed by atoms with Gasteiger partial charge in [-0.25, -0.2) is 22.3 Å². The average Bonchev–Trinajstić information content (AvgIpc) is 2.97. The third kappa shape index (κ3) is 2.78. The number of hydrogen-bond acceptors (Lipinski definition) is 5. The maximum atomic E-state index is 13.4. The smallest absolute Gasteiger partial charge is 0.212 e. The molecule has 2 aromatic heterocycles. The Hall–Kier alpha value is -2.03. The van der Waals surface area contributed by atoms with Crippen molar-refractivity contribution in [3.05, 3.63) is 51.7 Å². The summed E-state index contributed by atoms with van der Waals surface area (Å²) in [7, 11) is -3.99. The molecule has 6 nitrogen and oxygen atoms in total. The molecule has 0 saturated heterocycles. The van der Waals surface area contributed by atoms with E-state index in [0.29, 0.717) is 17.8 Å². The fourth-order valence-electron chi connectivity index (χ4n) is 2.95. The average molecular weight is 397 g/mol. The maximum absolute atomic E-state index is 13.4. The Morgan fingerprint density at radius 3 is 2.58 bits per heavy atom. The van der Waals surface area contributed by atoms with Gasteiger partial charge in [-0.3, -0.25) is 0 Å². The number of benzene rings is 1. The summed E-state index contributed by atoms with van der Waals surface area (Å²) in [6, 6.07) is 3.32. The lowest BCUT2D eigenvalue weighted by Crippen LogP contribution is -2.10. The Morgan fingerprint density at radius 2 is 2.00 bits per heavy atom. The molecule has 0 bridgehead atoms. The lowest BCUT2D eigenvalue weighted by Gasteiger charge is -2.10. The van der Waals surface area contributed by atoms with E-state index in [-0.39, 0.29) is 27.0 Å². The van der Waals surface area contributed by atoms with Crippen LogP contribution in [-0.4, -0.2) is 23.0 Å². The van der Waals surface area contributed by atoms with Crippen molar-refractivity contribution in [1.82, 2.24) is 14.6 Å². The molecule has 0 unspecified atom stereocenters. The minimum Gasteiger partial charge on any atom is -0.326 e. The van der Waals surface area contributed by atoms with Crippen LogP contribution in [0.15, 0.2) is 28.0 Å². The van der Waals surface area contributed by atoms with E-state index in [1.807, 2.05) is 13.8 Å². The number of nitrogens with zero attached hydrogens (tertiary/aromatic N) is 3. The van der Waals surface area contributed by atoms with Crippen molar-refractivity contribution in [2.24, 2.45) is 5.73 Å². The number of aryl methyl sites for hydroxylation is 3. The van der Waals surface area contributed by atoms with Crippen LogP contribution in [-0.2, 0) is 22.8 Å². The van der Waals surface area contributed by atoms with Crippen LogP contribution in [0.2, 0.25) is 5.02 Å². The van der Waals surface area contributed by atoms with Gasteiger partial charge in [-0.05, 0) is 38.5 Å². The van der Waals surface area contributed by atoms with Crippen LogP contribution in [0, 0.1) is 19.7 Å². The number of sulfone groups is 1. The molecule has 0 aliphatic rings. The fraction of sp³-hybridized carbons (Fsp3) is 0.294. The molecule has 138 valence electrons. The number of nitrogens with two attached hydrogens (primary N) is 1. The Labute approximate surface area is 155 Å². The van der Waals surface area contributed by atoms with Crippen LogP contribution >= 0.6 is 11.6 Å². The topological polar surface area (TPSA) is 90.3 Å². The first-order valence-corrected chi connectivity index (χ1v) is 9.86. The van der Waals surface area contributed by atoms with Gasteiger partial charge < -0.3 is 5.73 Å². The monoisotopic (exact) mass is 396 g/mol. The summed E-state index contributed by atoms with van der Waals surface area (Å²) in [6.45, 7) is 5.68. The first-order valence-electron chi connectivity index (χ1n) is 8.00. The van der Waals surface area contributed by atoms with Crippen LogP contribution in [0.1, 0.15) is 29.6 Å². The summed E-state index contributed by atoms with van der Waals surface area (Å²) in [5, 5.41) is 4.17. The highest BCUT2D eigenvalue weighted by Crippen LogP contribution is 2.31. The van der Waals surface area contributed by atoms with Gasteiger partial charge in [0.2, 0.25) is 9.84 Å². The van der Waals surface area contributed by atoms with Crippen LogP contribution in [0.4, 0.5) is 4.39 Å². The van der Waals surface area contributed by atoms with Crippen molar-refractivity contribution >= 4 is 27.1 Å². The predicted molar refractivity (Wildman–Crippen MR) is 96.6 cm³/mol. The lowest BCUT2D eigenvalue weighted by atomic mass is 10.2. The van der Waals surface area contributed by atoms with E-state index in [0.717, 1.165) is 23.4 Å². The number of halogens is 2. The van der Waals surface area contributed by atoms with Gasteiger partial charge in [0, 0.05) is 23.5 Å². The minimum absolute atomic E-state index is 0.0115. The normalized spacial score (nSPS) is 12.1. The summed E-state index contributed by atoms with van der Waals surface area (Å²) in [5.74, 6) is -0.682. The molecular formula is C17H18ClFN4O2S. The SMILES string of the molecule is CCc1nn2c(C)c(CN)c(C)nc2c1S(=O)(=O)c1ccc(F)c(Cl)c1. The van der Waals surface area contributed by atoms with E-state index >= 15 is 0 Å². The van der Waals surface area contributed by atoms with Crippen molar-refractivity contribution < 1.29 is 12.8 Å². The van der Waals surface area contributed by atoms with Gasteiger partial charge in [0.05, 0.1) is 15.6 Å². The van der Waals surface area contributed by atoms with Gasteiger partial charge in [0.25, 0.3) is 0 Å². The van der Waals surface area contributed by atoms with Gasteiger partial charge >= 0.3 is 0 Å². The third-order valence-corrected chi connectivity index (χ3v) is 6.48. The van der Waals surface area contributed by atoms with Crippen LogP contribution < -0.4 is 5.73 Å². The standard InChI is InChI=1S/C17H18ClFN4O2S/c1-4-15-16(26(24,25)11-5-6-14(19)13(18)7-11)17-21-9(2)12(8-20)10(3)23(17)22-15/h5-7H,4,8,20H2,1-3H3. The van der Waals surface area contributed by atoms with E-state index in [4.69, 9.17) is 17.3 Å². The van der Waals surface area contributed by atoms with Crippen molar-refractivity contribution in [2.75, 3.05) is 0 Å². The lowest BCUT2D eigenvalue weighted by molar-refractivity contribution is 0.594. The van der Waals surface area contributed by atoms with Gasteiger partial charge in [0.15, 0.2) is 5.65 Å². The van der Waals surface area contributed by atoms with Crippen molar-refractivity contribution in [2.45, 2.75) is 43.5 Å². The molecule has 0 aliphatic carbocycles. The highest BCUT2D eigenvalue weighted by Gasteiger charge is 2.29. The van der Waals surface area contributed by atoms with E-state index in [1.165, 1.54) is 10.6 Å². The molecule has 0 amide bonds. The highest BCUT2D eigenvalue weighted by atomic mass is 35.5. The van der Waals surface area contributed by atoms with E-state index in [9.17, 15) is 12.8 Å². The molecule has 1 aromatic carbocycles. The maximum Gasteiger partial charge on any atom is 0.212 e. The number of aromatic nitrogens is 3. The largest absolute Gasteiger partial charge is 0.326 e. The molecule has 2 heterocycles. The summed E-state index contributed by atoms with van der Waals surface area (Å²) in [4.78, 5) is 4.35. The van der Waals surface area contributed by atoms with Crippen LogP contribution in [0.3, 0.4) is 0 Å². The van der Waals surface area contributed by atoms with E-state index in [2.05, 4.69) is 10.1 Å². The molecule has 0 spiro atoms. The van der Waals surface area contributed by atoms with Crippen molar-refractivity contribution in [3.8, 4) is 0 Å². The van der Waals surface area contributed by atoms with Gasteiger partial charge in [-0.2, -0.15) is 5.10 Å². The Bertz CT molecular complexity index is 1130. The summed E-state index contributed by atoms with van der Waals surface area (Å²) < 4.78 is 41.4. The molecule has 0 saturated carbocycles. The van der Waals surface area contributed by atoms with Gasteiger partial charge in [-0.1, -0.05) is 18.5 Å². The quantitative estimate of drug-likeness (QED) is 0.684. The van der Waals surface area contributed by atoms with Crippen LogP contribution in [0.5, 0.6) is 0 Å². The zero-order valence-electron chi connectivity index (χ0n) is 14.5. The second kappa shape index (κ2) is 6.61. The molecule has 0 atom stereocenters. The molecular weight excluding hydrogens is 379 g/mol. The number of fused-ring (bicyclic) bond motifs is 1. The molecule has 3 aromatic rings. The van der Waals surface area contributed by atoms with E-state index in [1.54, 1.807) is 6.92 Å². The number of rotatable bonds is 4. The Kier molecular flexibility index (Phi) is 4.76. The molecule has 0 aliphatic heterocycles. The number of hydrogen-bond donors (Lipinski definition) is 1. The highest BCUT2D eigenvalue weighted by molar-refractivity contribution is 7.91. The second-order valence-corrected chi connectivity index (χ2v) is 8.20. The summed E-state index contributed by atoms with van der Waals surface area (Å²) in [5.41, 5.74) is 8.60. The fourth-order valence-corrected chi connectivity index (χ4v) is 4.82. The minimum atomic E-state index is -3.99. The zero-order valence-corrected chi connectivity index (χ0v) is 16.1. The van der Waals surface area contributed by atoms with Crippen molar-refractivity contribution in [1.29, 1.82) is 0 Å². The molecule has 26 heavy (non-hydrogen) atoms. The molecule has 0 radical (unpaired) electrons. The summed E-state index contributed by atoms with van der Waals surface area (Å²) in [6.07, 6.45) is 0.392. The first-order chi connectivity index (χ1) is 12.2. The van der Waals surface area contributed by atoms with Crippen molar-refractivity contribution in [3.63, 3.8) is 0 Å². The molecule has 9 heteroatoms. The van der Waals surface area contributed by atoms with Crippen LogP contribution in [0.25, 0.3) is 5.65 Å². The molecule has 3 rings (SSSR count). The first kappa shape index (κ1) is 18.8. The molecule has 2 N–H and O–H groups in total.